The Labute approximate surface area is 128 Å². The van der Waals surface area contributed by atoms with Crippen LogP contribution in [0.25, 0.3) is 10.9 Å². The highest BCUT2D eigenvalue weighted by molar-refractivity contribution is 6.35. The number of methoxy groups -OCH3 is 1. The van der Waals surface area contributed by atoms with Crippen LogP contribution in [0, 0.1) is 0 Å². The zero-order chi connectivity index (χ0) is 14.4. The minimum atomic E-state index is 0.547. The molecule has 0 saturated heterocycles. The van der Waals surface area contributed by atoms with E-state index in [0.29, 0.717) is 17.7 Å². The predicted molar refractivity (Wildman–Crippen MR) is 83.3 cm³/mol. The van der Waals surface area contributed by atoms with E-state index in [1.165, 1.54) is 12.8 Å². The lowest BCUT2D eigenvalue weighted by molar-refractivity contribution is 0.110. The van der Waals surface area contributed by atoms with Crippen LogP contribution in [0.5, 0.6) is 5.75 Å². The predicted octanol–water partition coefficient (Wildman–Crippen LogP) is 3.54. The number of hydrogen-bond donors (Lipinski definition) is 1. The first-order valence-electron chi connectivity index (χ1n) is 7.30. The van der Waals surface area contributed by atoms with Crippen molar-refractivity contribution in [2.24, 2.45) is 0 Å². The molecule has 21 heavy (non-hydrogen) atoms. The van der Waals surface area contributed by atoms with Gasteiger partial charge in [-0.1, -0.05) is 11.6 Å². The zero-order valence-corrected chi connectivity index (χ0v) is 12.7. The van der Waals surface area contributed by atoms with E-state index in [9.17, 15) is 0 Å². The van der Waals surface area contributed by atoms with Gasteiger partial charge in [-0.15, -0.1) is 0 Å². The van der Waals surface area contributed by atoms with Crippen LogP contribution in [0.3, 0.4) is 0 Å². The quantitative estimate of drug-likeness (QED) is 0.942. The van der Waals surface area contributed by atoms with Gasteiger partial charge in [0.1, 0.15) is 5.75 Å². The Bertz CT molecular complexity index is 713. The zero-order valence-electron chi connectivity index (χ0n) is 11.9. The van der Waals surface area contributed by atoms with Crippen LogP contribution >= 0.6 is 11.6 Å². The number of nitrogens with one attached hydrogen (secondary N) is 1. The number of anilines is 1. The number of rotatable bonds is 3. The normalized spacial score (nSPS) is 17.6. The third-order valence-corrected chi connectivity index (χ3v) is 4.42. The monoisotopic (exact) mass is 304 g/mol. The molecule has 0 amide bonds. The van der Waals surface area contributed by atoms with Crippen molar-refractivity contribution in [2.75, 3.05) is 19.0 Å². The first-order valence-corrected chi connectivity index (χ1v) is 7.68. The average molecular weight is 305 g/mol. The van der Waals surface area contributed by atoms with Gasteiger partial charge >= 0.3 is 0 Å². The van der Waals surface area contributed by atoms with Crippen LogP contribution in [0.1, 0.15) is 24.1 Å². The number of pyridine rings is 1. The van der Waals surface area contributed by atoms with Gasteiger partial charge < -0.3 is 14.8 Å². The lowest BCUT2D eigenvalue weighted by atomic mass is 10.0. The first-order chi connectivity index (χ1) is 10.3. The van der Waals surface area contributed by atoms with Crippen molar-refractivity contribution in [3.63, 3.8) is 0 Å². The maximum atomic E-state index is 6.38. The van der Waals surface area contributed by atoms with E-state index in [-0.39, 0.29) is 0 Å². The third kappa shape index (κ3) is 2.23. The van der Waals surface area contributed by atoms with Gasteiger partial charge in [0.2, 0.25) is 0 Å². The van der Waals surface area contributed by atoms with E-state index in [4.69, 9.17) is 26.1 Å². The standard InChI is InChI=1S/C16H17ClN2O2/c1-20-13-5-4-11(17)16-14(13)15(18-9-2-3-9)10-8-21-7-6-12(10)19-16/h4-5,9H,2-3,6-8H2,1H3,(H,18,19). The molecule has 2 heterocycles. The van der Waals surface area contributed by atoms with Gasteiger partial charge in [0, 0.05) is 18.0 Å². The van der Waals surface area contributed by atoms with Gasteiger partial charge in [-0.2, -0.15) is 0 Å². The third-order valence-electron chi connectivity index (χ3n) is 4.11. The molecule has 1 fully saturated rings. The number of fused-ring (bicyclic) bond motifs is 2. The van der Waals surface area contributed by atoms with Crippen LogP contribution in [-0.2, 0) is 17.8 Å². The Morgan fingerprint density at radius 1 is 1.38 bits per heavy atom. The van der Waals surface area contributed by atoms with Crippen LogP contribution in [-0.4, -0.2) is 24.7 Å². The summed E-state index contributed by atoms with van der Waals surface area (Å²) in [6, 6.07) is 4.30. The van der Waals surface area contributed by atoms with Gasteiger partial charge in [-0.3, -0.25) is 4.98 Å². The lowest BCUT2D eigenvalue weighted by Crippen LogP contribution is -2.16. The molecule has 1 N–H and O–H groups in total. The number of hydrogen-bond acceptors (Lipinski definition) is 4. The first kappa shape index (κ1) is 13.2. The summed E-state index contributed by atoms with van der Waals surface area (Å²) in [5.74, 6) is 0.804. The number of ether oxygens (including phenoxy) is 2. The molecule has 1 aliphatic carbocycles. The summed E-state index contributed by atoms with van der Waals surface area (Å²) in [7, 11) is 1.68. The second-order valence-electron chi connectivity index (χ2n) is 5.61. The molecule has 0 unspecified atom stereocenters. The highest BCUT2D eigenvalue weighted by atomic mass is 35.5. The fourth-order valence-electron chi connectivity index (χ4n) is 2.86. The molecule has 1 saturated carbocycles. The van der Waals surface area contributed by atoms with Gasteiger partial charge in [0.05, 0.1) is 47.6 Å². The van der Waals surface area contributed by atoms with Gasteiger partial charge in [0.15, 0.2) is 0 Å². The molecule has 4 rings (SSSR count). The molecule has 0 atom stereocenters. The fraction of sp³-hybridized carbons (Fsp3) is 0.438. The van der Waals surface area contributed by atoms with E-state index >= 15 is 0 Å². The maximum Gasteiger partial charge on any atom is 0.130 e. The maximum absolute atomic E-state index is 6.38. The Kier molecular flexibility index (Phi) is 3.16. The molecule has 2 aromatic rings. The summed E-state index contributed by atoms with van der Waals surface area (Å²) < 4.78 is 11.2. The number of nitrogens with zero attached hydrogens (tertiary/aromatic N) is 1. The van der Waals surface area contributed by atoms with E-state index < -0.39 is 0 Å². The molecule has 2 aliphatic rings. The van der Waals surface area contributed by atoms with Crippen molar-refractivity contribution in [1.82, 2.24) is 4.98 Å². The second kappa shape index (κ2) is 5.04. The molecule has 4 nitrogen and oxygen atoms in total. The Morgan fingerprint density at radius 2 is 2.24 bits per heavy atom. The smallest absolute Gasteiger partial charge is 0.130 e. The Morgan fingerprint density at radius 3 is 3.00 bits per heavy atom. The molecule has 1 aliphatic heterocycles. The minimum Gasteiger partial charge on any atom is -0.496 e. The van der Waals surface area contributed by atoms with E-state index in [1.807, 2.05) is 12.1 Å². The SMILES string of the molecule is COc1ccc(Cl)c2nc3c(c(NC4CC4)c12)COCC3. The average Bonchev–Trinajstić information content (AvgIpc) is 3.32. The summed E-state index contributed by atoms with van der Waals surface area (Å²) in [6.45, 7) is 1.32. The van der Waals surface area contributed by atoms with E-state index in [2.05, 4.69) is 5.32 Å². The molecule has 5 heteroatoms. The number of halogens is 1. The summed E-state index contributed by atoms with van der Waals surface area (Å²) >= 11 is 6.38. The van der Waals surface area contributed by atoms with Crippen molar-refractivity contribution in [3.8, 4) is 5.75 Å². The van der Waals surface area contributed by atoms with Crippen molar-refractivity contribution >= 4 is 28.2 Å². The van der Waals surface area contributed by atoms with Gasteiger partial charge in [-0.05, 0) is 25.0 Å². The molecular formula is C16H17ClN2O2. The lowest BCUT2D eigenvalue weighted by Gasteiger charge is -2.23. The summed E-state index contributed by atoms with van der Waals surface area (Å²) in [5.41, 5.74) is 4.16. The molecular weight excluding hydrogens is 288 g/mol. The topological polar surface area (TPSA) is 43.4 Å². The number of benzene rings is 1. The summed E-state index contributed by atoms with van der Waals surface area (Å²) in [4.78, 5) is 4.78. The van der Waals surface area contributed by atoms with Crippen LogP contribution in [0.4, 0.5) is 5.69 Å². The summed E-state index contributed by atoms with van der Waals surface area (Å²) in [5, 5.41) is 5.27. The molecule has 0 radical (unpaired) electrons. The number of aromatic nitrogens is 1. The largest absolute Gasteiger partial charge is 0.496 e. The van der Waals surface area contributed by atoms with Gasteiger partial charge in [0.25, 0.3) is 0 Å². The second-order valence-corrected chi connectivity index (χ2v) is 6.01. The Hall–Kier alpha value is -1.52. The summed E-state index contributed by atoms with van der Waals surface area (Å²) in [6.07, 6.45) is 3.25. The van der Waals surface area contributed by atoms with E-state index in [0.717, 1.165) is 46.6 Å². The molecule has 1 aromatic heterocycles. The highest BCUT2D eigenvalue weighted by Crippen LogP contribution is 2.41. The fourth-order valence-corrected chi connectivity index (χ4v) is 3.06. The van der Waals surface area contributed by atoms with Crippen molar-refractivity contribution in [2.45, 2.75) is 31.9 Å². The van der Waals surface area contributed by atoms with Gasteiger partial charge in [-0.25, -0.2) is 0 Å². The van der Waals surface area contributed by atoms with Crippen molar-refractivity contribution in [1.29, 1.82) is 0 Å². The van der Waals surface area contributed by atoms with Crippen molar-refractivity contribution in [3.05, 3.63) is 28.4 Å². The molecule has 1 aromatic carbocycles. The molecule has 0 spiro atoms. The minimum absolute atomic E-state index is 0.547. The van der Waals surface area contributed by atoms with Crippen molar-refractivity contribution < 1.29 is 9.47 Å². The molecule has 110 valence electrons. The molecule has 0 bridgehead atoms. The van der Waals surface area contributed by atoms with Crippen LogP contribution in [0.2, 0.25) is 5.02 Å². The van der Waals surface area contributed by atoms with Crippen LogP contribution in [0.15, 0.2) is 12.1 Å². The Balaban J connectivity index is 2.03. The highest BCUT2D eigenvalue weighted by Gasteiger charge is 2.27. The van der Waals surface area contributed by atoms with E-state index in [1.54, 1.807) is 7.11 Å². The van der Waals surface area contributed by atoms with Crippen LogP contribution < -0.4 is 10.1 Å².